The van der Waals surface area contributed by atoms with Crippen molar-refractivity contribution in [1.82, 2.24) is 0 Å². The number of carbonyl (C=O) groups excluding carboxylic acids is 2. The molecule has 39 heavy (non-hydrogen) atoms. The van der Waals surface area contributed by atoms with E-state index in [0.717, 1.165) is 16.3 Å². The third kappa shape index (κ3) is 6.51. The van der Waals surface area contributed by atoms with Gasteiger partial charge in [-0.2, -0.15) is 0 Å². The molecule has 0 aliphatic heterocycles. The van der Waals surface area contributed by atoms with Crippen molar-refractivity contribution < 1.29 is 28.7 Å². The highest BCUT2D eigenvalue weighted by Crippen LogP contribution is 2.32. The van der Waals surface area contributed by atoms with Crippen molar-refractivity contribution in [2.24, 2.45) is 5.92 Å². The molecule has 0 saturated carbocycles. The summed E-state index contributed by atoms with van der Waals surface area (Å²) in [6.07, 6.45) is 0. The van der Waals surface area contributed by atoms with Gasteiger partial charge in [-0.3, -0.25) is 14.9 Å². The smallest absolute Gasteiger partial charge is 0.337 e. The highest BCUT2D eigenvalue weighted by atomic mass is 16.6. The van der Waals surface area contributed by atoms with Crippen LogP contribution in [0.25, 0.3) is 10.8 Å². The van der Waals surface area contributed by atoms with Gasteiger partial charge in [-0.25, -0.2) is 4.79 Å². The van der Waals surface area contributed by atoms with Gasteiger partial charge in [0.2, 0.25) is 0 Å². The molecule has 0 fully saturated rings. The lowest BCUT2D eigenvalue weighted by Gasteiger charge is -2.15. The summed E-state index contributed by atoms with van der Waals surface area (Å²) >= 11 is 0. The van der Waals surface area contributed by atoms with E-state index in [1.807, 2.05) is 56.3 Å². The summed E-state index contributed by atoms with van der Waals surface area (Å²) in [5, 5.41) is 16.4. The van der Waals surface area contributed by atoms with Crippen molar-refractivity contribution in [3.63, 3.8) is 0 Å². The van der Waals surface area contributed by atoms with Gasteiger partial charge in [-0.15, -0.1) is 0 Å². The van der Waals surface area contributed by atoms with Crippen LogP contribution in [0.4, 0.5) is 11.4 Å². The highest BCUT2D eigenvalue weighted by molar-refractivity contribution is 6.06. The molecule has 9 heteroatoms. The number of nitrogens with zero attached hydrogens (tertiary/aromatic N) is 1. The summed E-state index contributed by atoms with van der Waals surface area (Å²) in [7, 11) is 1.28. The number of carbonyl (C=O) groups is 2. The molecule has 0 saturated heterocycles. The topological polar surface area (TPSA) is 117 Å². The Bertz CT molecular complexity index is 1530. The molecular formula is C30H28N2O7. The molecule has 4 aromatic carbocycles. The molecule has 4 aromatic rings. The fourth-order valence-electron chi connectivity index (χ4n) is 3.94. The zero-order valence-electron chi connectivity index (χ0n) is 21.8. The number of benzene rings is 4. The number of hydrogen-bond donors (Lipinski definition) is 1. The molecule has 0 aromatic heterocycles. The van der Waals surface area contributed by atoms with Crippen molar-refractivity contribution in [1.29, 1.82) is 0 Å². The minimum atomic E-state index is -0.552. The molecule has 0 aliphatic rings. The summed E-state index contributed by atoms with van der Waals surface area (Å²) < 4.78 is 16.5. The van der Waals surface area contributed by atoms with Gasteiger partial charge in [0.1, 0.15) is 12.4 Å². The minimum Gasteiger partial charge on any atom is -0.491 e. The predicted molar refractivity (Wildman–Crippen MR) is 147 cm³/mol. The van der Waals surface area contributed by atoms with Gasteiger partial charge in [-0.1, -0.05) is 56.3 Å². The van der Waals surface area contributed by atoms with Crippen LogP contribution in [0.5, 0.6) is 11.5 Å². The number of fused-ring (bicyclic) bond motifs is 1. The fourth-order valence-corrected chi connectivity index (χ4v) is 3.94. The van der Waals surface area contributed by atoms with Crippen LogP contribution in [0.15, 0.2) is 78.9 Å². The van der Waals surface area contributed by atoms with Crippen LogP contribution in [-0.4, -0.2) is 30.5 Å². The van der Waals surface area contributed by atoms with Gasteiger partial charge in [0.05, 0.1) is 29.9 Å². The van der Waals surface area contributed by atoms with Crippen molar-refractivity contribution >= 4 is 34.0 Å². The van der Waals surface area contributed by atoms with Gasteiger partial charge in [0, 0.05) is 17.7 Å². The lowest BCUT2D eigenvalue weighted by Crippen LogP contribution is -2.15. The Morgan fingerprint density at radius 1 is 0.897 bits per heavy atom. The van der Waals surface area contributed by atoms with Crippen LogP contribution >= 0.6 is 0 Å². The highest BCUT2D eigenvalue weighted by Gasteiger charge is 2.20. The molecule has 0 heterocycles. The number of methoxy groups -OCH3 is 1. The summed E-state index contributed by atoms with van der Waals surface area (Å²) in [6.45, 7) is 4.38. The lowest BCUT2D eigenvalue weighted by atomic mass is 10.1. The van der Waals surface area contributed by atoms with E-state index in [1.165, 1.54) is 37.4 Å². The van der Waals surface area contributed by atoms with E-state index in [1.54, 1.807) is 6.07 Å². The maximum absolute atomic E-state index is 13.2. The zero-order chi connectivity index (χ0) is 27.9. The van der Waals surface area contributed by atoms with Gasteiger partial charge in [0.25, 0.3) is 5.91 Å². The Balaban J connectivity index is 1.59. The Kier molecular flexibility index (Phi) is 8.40. The third-order valence-electron chi connectivity index (χ3n) is 5.90. The molecule has 0 spiro atoms. The van der Waals surface area contributed by atoms with Gasteiger partial charge < -0.3 is 19.5 Å². The molecule has 0 bridgehead atoms. The van der Waals surface area contributed by atoms with Crippen LogP contribution in [-0.2, 0) is 11.3 Å². The molecule has 1 N–H and O–H groups in total. The average Bonchev–Trinajstić information content (AvgIpc) is 2.94. The summed E-state index contributed by atoms with van der Waals surface area (Å²) in [4.78, 5) is 36.3. The molecule has 0 aliphatic carbocycles. The van der Waals surface area contributed by atoms with Crippen molar-refractivity contribution in [2.75, 3.05) is 19.0 Å². The number of nitro groups is 1. The zero-order valence-corrected chi connectivity index (χ0v) is 21.8. The lowest BCUT2D eigenvalue weighted by molar-refractivity contribution is -0.385. The number of ether oxygens (including phenoxy) is 3. The van der Waals surface area contributed by atoms with E-state index in [2.05, 4.69) is 5.32 Å². The molecule has 1 amide bonds. The Labute approximate surface area is 225 Å². The second-order valence-electron chi connectivity index (χ2n) is 9.23. The second-order valence-corrected chi connectivity index (χ2v) is 9.23. The van der Waals surface area contributed by atoms with Gasteiger partial charge in [-0.05, 0) is 46.5 Å². The van der Waals surface area contributed by atoms with Crippen LogP contribution in [0, 0.1) is 16.0 Å². The monoisotopic (exact) mass is 528 g/mol. The third-order valence-corrected chi connectivity index (χ3v) is 5.90. The molecule has 0 radical (unpaired) electrons. The van der Waals surface area contributed by atoms with E-state index in [9.17, 15) is 19.7 Å². The Morgan fingerprint density at radius 2 is 1.62 bits per heavy atom. The number of rotatable bonds is 10. The molecule has 0 unspecified atom stereocenters. The van der Waals surface area contributed by atoms with E-state index < -0.39 is 16.8 Å². The van der Waals surface area contributed by atoms with Gasteiger partial charge in [0.15, 0.2) is 5.75 Å². The first-order valence-corrected chi connectivity index (χ1v) is 12.3. The molecule has 200 valence electrons. The van der Waals surface area contributed by atoms with E-state index >= 15 is 0 Å². The molecule has 9 nitrogen and oxygen atoms in total. The van der Waals surface area contributed by atoms with Crippen molar-refractivity contribution in [3.8, 4) is 11.5 Å². The number of amides is 1. The first-order valence-electron chi connectivity index (χ1n) is 12.3. The van der Waals surface area contributed by atoms with E-state index in [4.69, 9.17) is 14.2 Å². The molecule has 4 rings (SSSR count). The predicted octanol–water partition coefficient (Wildman–Crippen LogP) is 6.40. The summed E-state index contributed by atoms with van der Waals surface area (Å²) in [5.74, 6) is -0.593. The van der Waals surface area contributed by atoms with Crippen molar-refractivity contribution in [3.05, 3.63) is 106 Å². The van der Waals surface area contributed by atoms with Crippen LogP contribution < -0.4 is 14.8 Å². The maximum atomic E-state index is 13.2. The van der Waals surface area contributed by atoms with E-state index in [-0.39, 0.29) is 35.1 Å². The summed E-state index contributed by atoms with van der Waals surface area (Å²) in [5.41, 5.74) is 1.36. The number of nitro benzene ring substituents is 1. The van der Waals surface area contributed by atoms with Crippen LogP contribution in [0.1, 0.15) is 40.1 Å². The van der Waals surface area contributed by atoms with Crippen molar-refractivity contribution in [2.45, 2.75) is 20.5 Å². The Hall–Kier alpha value is -4.92. The fraction of sp³-hybridized carbons (Fsp3) is 0.200. The number of hydrogen-bond acceptors (Lipinski definition) is 7. The first-order chi connectivity index (χ1) is 18.8. The maximum Gasteiger partial charge on any atom is 0.337 e. The quantitative estimate of drug-likeness (QED) is 0.144. The number of nitrogens with one attached hydrogen (secondary N) is 1. The largest absolute Gasteiger partial charge is 0.491 e. The average molecular weight is 529 g/mol. The minimum absolute atomic E-state index is 0.0297. The number of anilines is 1. The Morgan fingerprint density at radius 3 is 2.36 bits per heavy atom. The first kappa shape index (κ1) is 27.1. The molecule has 0 atom stereocenters. The summed E-state index contributed by atoms with van der Waals surface area (Å²) in [6, 6.07) is 22.0. The number of esters is 1. The second kappa shape index (κ2) is 12.1. The molecular weight excluding hydrogens is 500 g/mol. The normalized spacial score (nSPS) is 10.8. The standard InChI is InChI=1S/C30H28N2O7/c1-19(2)17-38-27-16-22(30(34)37-3)11-13-25(27)31-29(33)21-12-14-26(32(35)36)28(15-21)39-18-23-9-6-8-20-7-4-5-10-24(20)23/h4-16,19H,17-18H2,1-3H3,(H,31,33). The SMILES string of the molecule is COC(=O)c1ccc(NC(=O)c2ccc([N+](=O)[O-])c(OCc3cccc4ccccc34)c2)c(OCC(C)C)c1. The van der Waals surface area contributed by atoms with Gasteiger partial charge >= 0.3 is 11.7 Å². The van der Waals surface area contributed by atoms with Crippen LogP contribution in [0.3, 0.4) is 0 Å². The van der Waals surface area contributed by atoms with E-state index in [0.29, 0.717) is 18.0 Å². The van der Waals surface area contributed by atoms with Crippen LogP contribution in [0.2, 0.25) is 0 Å².